The highest BCUT2D eigenvalue weighted by atomic mass is 35.5. The van der Waals surface area contributed by atoms with Crippen molar-refractivity contribution in [3.63, 3.8) is 0 Å². The summed E-state index contributed by atoms with van der Waals surface area (Å²) in [6.07, 6.45) is 4.03. The lowest BCUT2D eigenvalue weighted by Gasteiger charge is -2.35. The van der Waals surface area contributed by atoms with Gasteiger partial charge in [0.25, 0.3) is 5.91 Å². The third-order valence-corrected chi connectivity index (χ3v) is 4.17. The first-order chi connectivity index (χ1) is 10.6. The maximum atomic E-state index is 12.1. The van der Waals surface area contributed by atoms with Gasteiger partial charge in [0.1, 0.15) is 11.3 Å². The standard InChI is InChI=1S/C16H20ClNO4/c1-21-15(20)16(9-5-2-6-10-16)18-14(19)11-22-13-8-4-3-7-12(13)17/h3-4,7-8H,2,5-6,9-11H2,1H3,(H,18,19). The number of benzene rings is 1. The molecular weight excluding hydrogens is 306 g/mol. The molecule has 0 heterocycles. The number of amides is 1. The minimum Gasteiger partial charge on any atom is -0.482 e. The molecule has 1 saturated carbocycles. The lowest BCUT2D eigenvalue weighted by molar-refractivity contribution is -0.152. The Hall–Kier alpha value is -1.75. The zero-order valence-corrected chi connectivity index (χ0v) is 13.3. The molecule has 22 heavy (non-hydrogen) atoms. The zero-order valence-electron chi connectivity index (χ0n) is 12.6. The molecule has 120 valence electrons. The molecule has 0 aromatic heterocycles. The quantitative estimate of drug-likeness (QED) is 0.845. The number of rotatable bonds is 5. The van der Waals surface area contributed by atoms with Crippen LogP contribution in [0.25, 0.3) is 0 Å². The molecule has 1 fully saturated rings. The van der Waals surface area contributed by atoms with E-state index in [2.05, 4.69) is 5.32 Å². The van der Waals surface area contributed by atoms with Crippen molar-refractivity contribution in [1.82, 2.24) is 5.32 Å². The summed E-state index contributed by atoms with van der Waals surface area (Å²) in [4.78, 5) is 24.2. The third-order valence-electron chi connectivity index (χ3n) is 3.86. The minimum atomic E-state index is -0.923. The summed E-state index contributed by atoms with van der Waals surface area (Å²) >= 11 is 5.97. The first-order valence-corrected chi connectivity index (χ1v) is 7.72. The van der Waals surface area contributed by atoms with E-state index >= 15 is 0 Å². The van der Waals surface area contributed by atoms with Crippen molar-refractivity contribution in [3.8, 4) is 5.75 Å². The van der Waals surface area contributed by atoms with Crippen LogP contribution in [0.4, 0.5) is 0 Å². The first kappa shape index (κ1) is 16.6. The van der Waals surface area contributed by atoms with Gasteiger partial charge in [-0.15, -0.1) is 0 Å². The van der Waals surface area contributed by atoms with E-state index in [0.29, 0.717) is 23.6 Å². The smallest absolute Gasteiger partial charge is 0.331 e. The number of hydrogen-bond acceptors (Lipinski definition) is 4. The average Bonchev–Trinajstić information content (AvgIpc) is 2.54. The molecule has 5 nitrogen and oxygen atoms in total. The van der Waals surface area contributed by atoms with Crippen molar-refractivity contribution in [2.45, 2.75) is 37.6 Å². The molecule has 0 saturated heterocycles. The fraction of sp³-hybridized carbons (Fsp3) is 0.500. The van der Waals surface area contributed by atoms with Crippen LogP contribution in [0.2, 0.25) is 5.02 Å². The Morgan fingerprint density at radius 1 is 1.23 bits per heavy atom. The highest BCUT2D eigenvalue weighted by molar-refractivity contribution is 6.32. The van der Waals surface area contributed by atoms with E-state index < -0.39 is 11.5 Å². The molecule has 1 amide bonds. The van der Waals surface area contributed by atoms with Crippen LogP contribution in [0.15, 0.2) is 24.3 Å². The predicted octanol–water partition coefficient (Wildman–Crippen LogP) is 2.71. The number of esters is 1. The number of methoxy groups -OCH3 is 1. The number of hydrogen-bond donors (Lipinski definition) is 1. The van der Waals surface area contributed by atoms with Crippen molar-refractivity contribution >= 4 is 23.5 Å². The Balaban J connectivity index is 1.97. The molecule has 0 radical (unpaired) electrons. The van der Waals surface area contributed by atoms with Gasteiger partial charge in [-0.1, -0.05) is 43.0 Å². The van der Waals surface area contributed by atoms with Crippen LogP contribution in [0.3, 0.4) is 0 Å². The molecule has 0 unspecified atom stereocenters. The fourth-order valence-electron chi connectivity index (χ4n) is 2.74. The number of ether oxygens (including phenoxy) is 2. The molecule has 2 rings (SSSR count). The van der Waals surface area contributed by atoms with Gasteiger partial charge in [-0.2, -0.15) is 0 Å². The highest BCUT2D eigenvalue weighted by Gasteiger charge is 2.41. The van der Waals surface area contributed by atoms with Gasteiger partial charge in [-0.25, -0.2) is 4.79 Å². The van der Waals surface area contributed by atoms with Crippen molar-refractivity contribution in [1.29, 1.82) is 0 Å². The molecule has 1 aliphatic carbocycles. The first-order valence-electron chi connectivity index (χ1n) is 7.34. The Bertz CT molecular complexity index is 541. The summed E-state index contributed by atoms with van der Waals surface area (Å²) in [7, 11) is 1.34. The second kappa shape index (κ2) is 7.49. The molecule has 1 N–H and O–H groups in total. The third kappa shape index (κ3) is 3.91. The Labute approximate surface area is 134 Å². The topological polar surface area (TPSA) is 64.6 Å². The fourth-order valence-corrected chi connectivity index (χ4v) is 2.93. The molecule has 6 heteroatoms. The van der Waals surface area contributed by atoms with Crippen LogP contribution in [-0.4, -0.2) is 31.1 Å². The summed E-state index contributed by atoms with van der Waals surface area (Å²) < 4.78 is 10.3. The normalized spacial score (nSPS) is 16.6. The number of para-hydroxylation sites is 1. The van der Waals surface area contributed by atoms with Gasteiger partial charge in [0.15, 0.2) is 6.61 Å². The molecule has 1 aromatic carbocycles. The van der Waals surface area contributed by atoms with E-state index in [-0.39, 0.29) is 12.5 Å². The van der Waals surface area contributed by atoms with Gasteiger partial charge < -0.3 is 14.8 Å². The largest absolute Gasteiger partial charge is 0.482 e. The summed E-state index contributed by atoms with van der Waals surface area (Å²) in [6, 6.07) is 6.93. The van der Waals surface area contributed by atoms with Gasteiger partial charge in [0, 0.05) is 0 Å². The predicted molar refractivity (Wildman–Crippen MR) is 82.9 cm³/mol. The second-order valence-electron chi connectivity index (χ2n) is 5.40. The van der Waals surface area contributed by atoms with E-state index in [1.807, 2.05) is 0 Å². The van der Waals surface area contributed by atoms with E-state index in [1.54, 1.807) is 24.3 Å². The van der Waals surface area contributed by atoms with Gasteiger partial charge in [0.2, 0.25) is 0 Å². The Morgan fingerprint density at radius 2 is 1.91 bits per heavy atom. The van der Waals surface area contributed by atoms with Crippen LogP contribution < -0.4 is 10.1 Å². The van der Waals surface area contributed by atoms with Gasteiger partial charge in [-0.3, -0.25) is 4.79 Å². The van der Waals surface area contributed by atoms with Crippen LogP contribution in [-0.2, 0) is 14.3 Å². The molecular formula is C16H20ClNO4. The molecule has 0 atom stereocenters. The average molecular weight is 326 g/mol. The van der Waals surface area contributed by atoms with Gasteiger partial charge >= 0.3 is 5.97 Å². The van der Waals surface area contributed by atoms with Gasteiger partial charge in [-0.05, 0) is 25.0 Å². The van der Waals surface area contributed by atoms with Crippen LogP contribution in [0.1, 0.15) is 32.1 Å². The number of halogens is 1. The SMILES string of the molecule is COC(=O)C1(NC(=O)COc2ccccc2Cl)CCCCC1. The molecule has 1 aromatic rings. The molecule has 0 spiro atoms. The van der Waals surface area contributed by atoms with E-state index in [1.165, 1.54) is 7.11 Å². The minimum absolute atomic E-state index is 0.192. The number of nitrogens with one attached hydrogen (secondary N) is 1. The lowest BCUT2D eigenvalue weighted by Crippen LogP contribution is -2.57. The van der Waals surface area contributed by atoms with Crippen molar-refractivity contribution in [2.75, 3.05) is 13.7 Å². The number of carbonyl (C=O) groups excluding carboxylic acids is 2. The summed E-state index contributed by atoms with van der Waals surface area (Å²) in [5.41, 5.74) is -0.923. The lowest BCUT2D eigenvalue weighted by atomic mass is 9.81. The van der Waals surface area contributed by atoms with Crippen molar-refractivity contribution in [2.24, 2.45) is 0 Å². The van der Waals surface area contributed by atoms with E-state index in [4.69, 9.17) is 21.1 Å². The zero-order chi connectivity index (χ0) is 16.0. The van der Waals surface area contributed by atoms with Crippen LogP contribution in [0, 0.1) is 0 Å². The molecule has 0 aliphatic heterocycles. The van der Waals surface area contributed by atoms with Crippen molar-refractivity contribution < 1.29 is 19.1 Å². The molecule has 1 aliphatic rings. The summed E-state index contributed by atoms with van der Waals surface area (Å²) in [5.74, 6) is -0.305. The van der Waals surface area contributed by atoms with Crippen LogP contribution >= 0.6 is 11.6 Å². The van der Waals surface area contributed by atoms with E-state index in [0.717, 1.165) is 19.3 Å². The number of carbonyl (C=O) groups is 2. The van der Waals surface area contributed by atoms with Gasteiger partial charge in [0.05, 0.1) is 12.1 Å². The Morgan fingerprint density at radius 3 is 2.55 bits per heavy atom. The Kier molecular flexibility index (Phi) is 5.66. The summed E-state index contributed by atoms with van der Waals surface area (Å²) in [5, 5.41) is 3.23. The molecule has 0 bridgehead atoms. The second-order valence-corrected chi connectivity index (χ2v) is 5.81. The van der Waals surface area contributed by atoms with Crippen molar-refractivity contribution in [3.05, 3.63) is 29.3 Å². The van der Waals surface area contributed by atoms with Crippen LogP contribution in [0.5, 0.6) is 5.75 Å². The maximum absolute atomic E-state index is 12.1. The monoisotopic (exact) mass is 325 g/mol. The maximum Gasteiger partial charge on any atom is 0.331 e. The summed E-state index contributed by atoms with van der Waals surface area (Å²) in [6.45, 7) is -0.192. The van der Waals surface area contributed by atoms with E-state index in [9.17, 15) is 9.59 Å². The highest BCUT2D eigenvalue weighted by Crippen LogP contribution is 2.29.